The quantitative estimate of drug-likeness (QED) is 0.621. The van der Waals surface area contributed by atoms with E-state index in [9.17, 15) is 5.11 Å². The maximum atomic E-state index is 9.58. The molecule has 1 unspecified atom stereocenters. The van der Waals surface area contributed by atoms with E-state index in [1.165, 1.54) is 0 Å². The zero-order valence-corrected chi connectivity index (χ0v) is 21.1. The molecule has 0 saturated carbocycles. The SMILES string of the molecule is C=C1/C=C/c2c(C)nn(CCO)c2CN(C)CC(C)Oc2c(c(C)nn2C)-c2ccc(C)c1c2. The number of allylic oxidation sites excluding steroid dienone is 2. The number of fused-ring (bicyclic) bond motifs is 5. The number of nitrogens with zero attached hydrogens (tertiary/aromatic N) is 5. The lowest BCUT2D eigenvalue weighted by Crippen LogP contribution is -2.32. The minimum atomic E-state index is -0.0575. The minimum Gasteiger partial charge on any atom is -0.473 e. The molecule has 7 nitrogen and oxygen atoms in total. The first-order valence-electron chi connectivity index (χ1n) is 11.7. The van der Waals surface area contributed by atoms with E-state index in [0.717, 1.165) is 62.9 Å². The molecule has 0 fully saturated rings. The molecule has 1 aliphatic rings. The summed E-state index contributed by atoms with van der Waals surface area (Å²) in [6.45, 7) is 14.5. The highest BCUT2D eigenvalue weighted by atomic mass is 16.5. The Hall–Kier alpha value is -3.16. The number of aliphatic hydroxyl groups excluding tert-OH is 1. The van der Waals surface area contributed by atoms with Gasteiger partial charge in [-0.25, -0.2) is 4.68 Å². The number of likely N-dealkylation sites (N-methyl/N-ethyl adjacent to an activating group) is 1. The van der Waals surface area contributed by atoms with Gasteiger partial charge in [0.05, 0.1) is 35.8 Å². The fraction of sp³-hybridized carbons (Fsp3) is 0.407. The average Bonchev–Trinajstić information content (AvgIpc) is 3.20. The summed E-state index contributed by atoms with van der Waals surface area (Å²) in [7, 11) is 4.01. The van der Waals surface area contributed by atoms with Gasteiger partial charge in [-0.05, 0) is 63.1 Å². The maximum Gasteiger partial charge on any atom is 0.220 e. The second-order valence-electron chi connectivity index (χ2n) is 9.30. The number of ether oxygens (including phenoxy) is 1. The zero-order chi connectivity index (χ0) is 24.6. The molecule has 2 aromatic heterocycles. The fourth-order valence-corrected chi connectivity index (χ4v) is 4.80. The number of benzene rings is 1. The van der Waals surface area contributed by atoms with Crippen molar-refractivity contribution in [3.63, 3.8) is 0 Å². The molecule has 34 heavy (non-hydrogen) atoms. The smallest absolute Gasteiger partial charge is 0.220 e. The second kappa shape index (κ2) is 9.60. The summed E-state index contributed by atoms with van der Waals surface area (Å²) in [6.07, 6.45) is 4.12. The molecule has 7 heteroatoms. The summed E-state index contributed by atoms with van der Waals surface area (Å²) < 4.78 is 10.2. The van der Waals surface area contributed by atoms with Crippen molar-refractivity contribution >= 4 is 11.6 Å². The van der Waals surface area contributed by atoms with E-state index in [1.54, 1.807) is 0 Å². The van der Waals surface area contributed by atoms with Crippen LogP contribution < -0.4 is 4.74 Å². The van der Waals surface area contributed by atoms with Gasteiger partial charge in [0.15, 0.2) is 0 Å². The first-order valence-corrected chi connectivity index (χ1v) is 11.7. The van der Waals surface area contributed by atoms with Gasteiger partial charge in [0.1, 0.15) is 6.10 Å². The van der Waals surface area contributed by atoms with Gasteiger partial charge >= 0.3 is 0 Å². The lowest BCUT2D eigenvalue weighted by molar-refractivity contribution is 0.146. The number of rotatable bonds is 2. The van der Waals surface area contributed by atoms with E-state index >= 15 is 0 Å². The van der Waals surface area contributed by atoms with Gasteiger partial charge in [-0.15, -0.1) is 0 Å². The molecule has 0 radical (unpaired) electrons. The van der Waals surface area contributed by atoms with Crippen LogP contribution in [-0.2, 0) is 20.1 Å². The largest absolute Gasteiger partial charge is 0.473 e. The lowest BCUT2D eigenvalue weighted by atomic mass is 9.95. The molecule has 2 bridgehead atoms. The molecular weight excluding hydrogens is 426 g/mol. The molecule has 1 aromatic carbocycles. The monoisotopic (exact) mass is 461 g/mol. The van der Waals surface area contributed by atoms with E-state index in [0.29, 0.717) is 13.1 Å². The summed E-state index contributed by atoms with van der Waals surface area (Å²) in [5.41, 5.74) is 9.28. The Bertz CT molecular complexity index is 1250. The van der Waals surface area contributed by atoms with E-state index in [2.05, 4.69) is 67.8 Å². The molecular formula is C27H35N5O2. The molecule has 0 spiro atoms. The predicted molar refractivity (Wildman–Crippen MR) is 137 cm³/mol. The van der Waals surface area contributed by atoms with Crippen molar-refractivity contribution in [1.82, 2.24) is 24.5 Å². The Morgan fingerprint density at radius 3 is 2.62 bits per heavy atom. The van der Waals surface area contributed by atoms with Crippen LogP contribution in [0.1, 0.15) is 40.7 Å². The van der Waals surface area contributed by atoms with Crippen LogP contribution in [0.3, 0.4) is 0 Å². The van der Waals surface area contributed by atoms with Gasteiger partial charge in [-0.2, -0.15) is 10.2 Å². The van der Waals surface area contributed by atoms with Gasteiger partial charge in [0.2, 0.25) is 5.88 Å². The van der Waals surface area contributed by atoms with Crippen molar-refractivity contribution in [3.05, 3.63) is 64.6 Å². The Labute approximate surface area is 202 Å². The topological polar surface area (TPSA) is 68.3 Å². The van der Waals surface area contributed by atoms with Gasteiger partial charge in [-0.1, -0.05) is 30.9 Å². The highest BCUT2D eigenvalue weighted by Crippen LogP contribution is 2.36. The van der Waals surface area contributed by atoms with Crippen LogP contribution in [0.15, 0.2) is 30.9 Å². The van der Waals surface area contributed by atoms with E-state index < -0.39 is 0 Å². The van der Waals surface area contributed by atoms with Crippen LogP contribution in [0, 0.1) is 20.8 Å². The molecule has 3 aromatic rings. The average molecular weight is 462 g/mol. The van der Waals surface area contributed by atoms with Crippen molar-refractivity contribution < 1.29 is 9.84 Å². The van der Waals surface area contributed by atoms with E-state index in [-0.39, 0.29) is 12.7 Å². The highest BCUT2D eigenvalue weighted by molar-refractivity contribution is 5.83. The zero-order valence-electron chi connectivity index (χ0n) is 21.1. The number of aryl methyl sites for hydroxylation is 4. The Balaban J connectivity index is 1.88. The third-order valence-corrected chi connectivity index (χ3v) is 6.39. The molecule has 4 rings (SSSR count). The first-order chi connectivity index (χ1) is 16.2. The minimum absolute atomic E-state index is 0.0435. The van der Waals surface area contributed by atoms with Crippen molar-refractivity contribution in [1.29, 1.82) is 0 Å². The van der Waals surface area contributed by atoms with Crippen molar-refractivity contribution in [2.75, 3.05) is 20.2 Å². The summed E-state index contributed by atoms with van der Waals surface area (Å²) in [4.78, 5) is 2.23. The Morgan fingerprint density at radius 1 is 1.12 bits per heavy atom. The van der Waals surface area contributed by atoms with Crippen molar-refractivity contribution in [2.45, 2.75) is 46.9 Å². The van der Waals surface area contributed by atoms with Crippen LogP contribution in [0.4, 0.5) is 0 Å². The van der Waals surface area contributed by atoms with E-state index in [1.807, 2.05) is 30.3 Å². The van der Waals surface area contributed by atoms with Crippen LogP contribution in [0.2, 0.25) is 0 Å². The predicted octanol–water partition coefficient (Wildman–Crippen LogP) is 4.14. The van der Waals surface area contributed by atoms with Gasteiger partial charge in [0, 0.05) is 25.7 Å². The standard InChI is InChI=1S/C27H35N5O2/c1-17-8-10-22-14-24(17)18(2)9-11-23-20(4)29-32(12-13-33)25(23)16-30(6)15-19(3)34-27-26(22)21(5)28-31(27)7/h8-11,14,19,33H,2,12-13,15-16H2,1,3-7H3/b11-9+. The fourth-order valence-electron chi connectivity index (χ4n) is 4.80. The molecule has 180 valence electrons. The molecule has 1 atom stereocenters. The summed E-state index contributed by atoms with van der Waals surface area (Å²) in [6, 6.07) is 6.44. The molecule has 1 aliphatic heterocycles. The number of aliphatic hydroxyl groups is 1. The van der Waals surface area contributed by atoms with E-state index in [4.69, 9.17) is 9.84 Å². The van der Waals surface area contributed by atoms with Crippen LogP contribution >= 0.6 is 0 Å². The summed E-state index contributed by atoms with van der Waals surface area (Å²) >= 11 is 0. The molecule has 1 N–H and O–H groups in total. The van der Waals surface area contributed by atoms with Crippen molar-refractivity contribution in [3.8, 4) is 17.0 Å². The van der Waals surface area contributed by atoms with Crippen LogP contribution in [0.5, 0.6) is 5.88 Å². The first kappa shape index (κ1) is 24.0. The van der Waals surface area contributed by atoms with Gasteiger partial charge in [-0.3, -0.25) is 9.58 Å². The highest BCUT2D eigenvalue weighted by Gasteiger charge is 2.22. The number of aromatic nitrogens is 4. The maximum absolute atomic E-state index is 9.58. The second-order valence-corrected chi connectivity index (χ2v) is 9.30. The normalized spacial score (nSPS) is 18.0. The Morgan fingerprint density at radius 2 is 1.88 bits per heavy atom. The summed E-state index contributed by atoms with van der Waals surface area (Å²) in [5.74, 6) is 0.770. The third-order valence-electron chi connectivity index (χ3n) is 6.39. The molecule has 3 heterocycles. The number of hydrogen-bond donors (Lipinski definition) is 1. The number of hydrogen-bond acceptors (Lipinski definition) is 5. The van der Waals surface area contributed by atoms with Crippen molar-refractivity contribution in [2.24, 2.45) is 7.05 Å². The molecule has 0 saturated heterocycles. The molecule has 0 amide bonds. The summed E-state index contributed by atoms with van der Waals surface area (Å²) in [5, 5.41) is 18.9. The van der Waals surface area contributed by atoms with Crippen LogP contribution in [-0.4, -0.2) is 55.9 Å². The van der Waals surface area contributed by atoms with Gasteiger partial charge < -0.3 is 9.84 Å². The van der Waals surface area contributed by atoms with Gasteiger partial charge in [0.25, 0.3) is 0 Å². The lowest BCUT2D eigenvalue weighted by Gasteiger charge is -2.23. The molecule has 0 aliphatic carbocycles. The van der Waals surface area contributed by atoms with Crippen LogP contribution in [0.25, 0.3) is 22.8 Å². The third kappa shape index (κ3) is 4.58. The Kier molecular flexibility index (Phi) is 6.77.